The number of aromatic nitrogens is 1. The van der Waals surface area contributed by atoms with Gasteiger partial charge in [-0.25, -0.2) is 0 Å². The average molecular weight is 557 g/mol. The SMILES string of the molecule is CC.CC(=Nc1c(C)cc(C)nc1P)c1ccccc1.CC(c1ccccc1)c1ccccc1.CC=O.CCC. The van der Waals surface area contributed by atoms with Gasteiger partial charge in [0, 0.05) is 17.3 Å². The van der Waals surface area contributed by atoms with Crippen LogP contribution in [-0.2, 0) is 4.79 Å². The summed E-state index contributed by atoms with van der Waals surface area (Å²) in [6.45, 7) is 18.0. The van der Waals surface area contributed by atoms with Crippen LogP contribution < -0.4 is 5.44 Å². The fourth-order valence-corrected chi connectivity index (χ4v) is 4.09. The maximum atomic E-state index is 8.81. The summed E-state index contributed by atoms with van der Waals surface area (Å²) < 4.78 is 0. The second-order valence-electron chi connectivity index (χ2n) is 8.86. The predicted molar refractivity (Wildman–Crippen MR) is 181 cm³/mol. The molecular weight excluding hydrogens is 507 g/mol. The maximum Gasteiger partial charge on any atom is 0.116 e. The van der Waals surface area contributed by atoms with Gasteiger partial charge in [0.1, 0.15) is 6.29 Å². The first-order chi connectivity index (χ1) is 19.3. The average Bonchev–Trinajstić information content (AvgIpc) is 2.98. The number of aliphatic imine (C=N–C) groups is 1. The van der Waals surface area contributed by atoms with Gasteiger partial charge in [-0.1, -0.05) is 141 Å². The molecule has 3 nitrogen and oxygen atoms in total. The lowest BCUT2D eigenvalue weighted by Crippen LogP contribution is -2.04. The van der Waals surface area contributed by atoms with Gasteiger partial charge in [0.25, 0.3) is 0 Å². The lowest BCUT2D eigenvalue weighted by molar-refractivity contribution is -0.106. The number of carbonyl (C=O) groups excluding carboxylic acids is 1. The molecule has 4 aromatic rings. The molecule has 0 aliphatic heterocycles. The highest BCUT2D eigenvalue weighted by atomic mass is 31.0. The quantitative estimate of drug-likeness (QED) is 0.143. The third-order valence-corrected chi connectivity index (χ3v) is 5.81. The van der Waals surface area contributed by atoms with E-state index >= 15 is 0 Å². The zero-order chi connectivity index (χ0) is 30.3. The summed E-state index contributed by atoms with van der Waals surface area (Å²) in [5.41, 5.74) is 8.93. The standard InChI is InChI=1S/C15H17N2P.C14H14.C3H8.C2H4O.C2H6/c1-10-9-11(2)16-15(18)14(10)17-12(3)13-7-5-4-6-8-13;1-12(13-8-4-2-5-9-13)14-10-6-3-7-11-14;1-3-2;1-2-3;1-2/h4-9H,18H2,1-3H3;2-12H,1H3;3H2,1-2H3;2H,1H3;1-2H3. The summed E-state index contributed by atoms with van der Waals surface area (Å²) in [6, 6.07) is 33.4. The number of carbonyl (C=O) groups is 1. The molecule has 4 heteroatoms. The molecule has 214 valence electrons. The fraction of sp³-hybridized carbons (Fsp3) is 0.306. The van der Waals surface area contributed by atoms with E-state index in [-0.39, 0.29) is 0 Å². The van der Waals surface area contributed by atoms with Crippen molar-refractivity contribution in [2.75, 3.05) is 0 Å². The molecule has 1 aromatic heterocycles. The fourth-order valence-electron chi connectivity index (χ4n) is 3.59. The maximum absolute atomic E-state index is 8.81. The summed E-state index contributed by atoms with van der Waals surface area (Å²) >= 11 is 0. The van der Waals surface area contributed by atoms with Crippen molar-refractivity contribution in [2.24, 2.45) is 4.99 Å². The van der Waals surface area contributed by atoms with Gasteiger partial charge in [-0.15, -0.1) is 0 Å². The van der Waals surface area contributed by atoms with Gasteiger partial charge >= 0.3 is 0 Å². The first kappa shape index (κ1) is 36.6. The minimum Gasteiger partial charge on any atom is -0.304 e. The number of benzene rings is 3. The van der Waals surface area contributed by atoms with Crippen molar-refractivity contribution < 1.29 is 4.79 Å². The summed E-state index contributed by atoms with van der Waals surface area (Å²) in [5.74, 6) is 0.484. The van der Waals surface area contributed by atoms with Crippen LogP contribution in [0.15, 0.2) is 102 Å². The van der Waals surface area contributed by atoms with E-state index in [1.807, 2.05) is 45.9 Å². The Bertz CT molecular complexity index is 1160. The molecule has 0 saturated carbocycles. The number of hydrogen-bond donors (Lipinski definition) is 0. The smallest absolute Gasteiger partial charge is 0.116 e. The Morgan fingerprint density at radius 2 is 1.23 bits per heavy atom. The Labute approximate surface area is 246 Å². The third-order valence-electron chi connectivity index (χ3n) is 5.41. The van der Waals surface area contributed by atoms with E-state index in [4.69, 9.17) is 9.79 Å². The van der Waals surface area contributed by atoms with E-state index in [1.165, 1.54) is 24.5 Å². The number of pyridine rings is 1. The summed E-state index contributed by atoms with van der Waals surface area (Å²) in [4.78, 5) is 17.9. The number of rotatable bonds is 4. The first-order valence-electron chi connectivity index (χ1n) is 14.1. The molecule has 0 aliphatic rings. The van der Waals surface area contributed by atoms with Crippen LogP contribution in [0.1, 0.15) is 88.8 Å². The monoisotopic (exact) mass is 556 g/mol. The van der Waals surface area contributed by atoms with E-state index in [0.717, 1.165) is 39.9 Å². The predicted octanol–water partition coefficient (Wildman–Crippen LogP) is 9.83. The number of aryl methyl sites for hydroxylation is 2. The van der Waals surface area contributed by atoms with Crippen molar-refractivity contribution in [1.29, 1.82) is 0 Å². The summed E-state index contributed by atoms with van der Waals surface area (Å²) in [6.07, 6.45) is 2.00. The zero-order valence-electron chi connectivity index (χ0n) is 26.0. The van der Waals surface area contributed by atoms with Crippen LogP contribution >= 0.6 is 9.24 Å². The van der Waals surface area contributed by atoms with Gasteiger partial charge in [-0.2, -0.15) is 0 Å². The zero-order valence-corrected chi connectivity index (χ0v) is 27.1. The summed E-state index contributed by atoms with van der Waals surface area (Å²) in [7, 11) is 2.66. The Morgan fingerprint density at radius 3 is 1.60 bits per heavy atom. The van der Waals surface area contributed by atoms with Crippen LogP contribution in [0, 0.1) is 13.8 Å². The van der Waals surface area contributed by atoms with Crippen molar-refractivity contribution in [3.63, 3.8) is 0 Å². The van der Waals surface area contributed by atoms with Crippen LogP contribution in [0.2, 0.25) is 0 Å². The molecule has 1 heterocycles. The molecule has 0 aliphatic carbocycles. The third kappa shape index (κ3) is 14.1. The normalized spacial score (nSPS) is 9.82. The van der Waals surface area contributed by atoms with Crippen LogP contribution in [0.25, 0.3) is 0 Å². The number of aldehydes is 1. The lowest BCUT2D eigenvalue weighted by atomic mass is 9.93. The van der Waals surface area contributed by atoms with Crippen LogP contribution in [0.5, 0.6) is 0 Å². The highest BCUT2D eigenvalue weighted by molar-refractivity contribution is 7.27. The molecule has 0 fully saturated rings. The number of nitrogens with zero attached hydrogens (tertiary/aromatic N) is 2. The highest BCUT2D eigenvalue weighted by Gasteiger charge is 2.06. The number of hydrogen-bond acceptors (Lipinski definition) is 3. The Balaban J connectivity index is 0.000000614. The molecule has 0 N–H and O–H groups in total. The van der Waals surface area contributed by atoms with Gasteiger partial charge < -0.3 is 4.79 Å². The van der Waals surface area contributed by atoms with Gasteiger partial charge in [0.05, 0.1) is 11.1 Å². The first-order valence-corrected chi connectivity index (χ1v) is 14.7. The van der Waals surface area contributed by atoms with Gasteiger partial charge in [0.15, 0.2) is 0 Å². The Morgan fingerprint density at radius 1 is 0.850 bits per heavy atom. The second kappa shape index (κ2) is 22.4. The molecule has 0 radical (unpaired) electrons. The molecule has 4 rings (SSSR count). The molecule has 3 aromatic carbocycles. The largest absolute Gasteiger partial charge is 0.304 e. The summed E-state index contributed by atoms with van der Waals surface area (Å²) in [5, 5.41) is 0. The van der Waals surface area contributed by atoms with Crippen molar-refractivity contribution >= 4 is 32.4 Å². The van der Waals surface area contributed by atoms with E-state index in [0.29, 0.717) is 5.92 Å². The molecule has 0 spiro atoms. The molecule has 1 atom stereocenters. The van der Waals surface area contributed by atoms with Crippen molar-refractivity contribution in [1.82, 2.24) is 4.98 Å². The molecule has 0 amide bonds. The Kier molecular flexibility index (Phi) is 20.5. The van der Waals surface area contributed by atoms with E-state index in [2.05, 4.69) is 121 Å². The van der Waals surface area contributed by atoms with Crippen molar-refractivity contribution in [3.8, 4) is 0 Å². The molecule has 0 saturated heterocycles. The highest BCUT2D eigenvalue weighted by Crippen LogP contribution is 2.23. The molecule has 40 heavy (non-hydrogen) atoms. The van der Waals surface area contributed by atoms with Gasteiger partial charge in [-0.3, -0.25) is 9.98 Å². The van der Waals surface area contributed by atoms with E-state index in [9.17, 15) is 0 Å². The van der Waals surface area contributed by atoms with Crippen LogP contribution in [0.4, 0.5) is 5.69 Å². The van der Waals surface area contributed by atoms with Gasteiger partial charge in [0.2, 0.25) is 0 Å². The van der Waals surface area contributed by atoms with E-state index in [1.54, 1.807) is 0 Å². The van der Waals surface area contributed by atoms with Crippen LogP contribution in [0.3, 0.4) is 0 Å². The molecular formula is C36H49N2OP. The minimum absolute atomic E-state index is 0.484. The Hall–Kier alpha value is -3.42. The van der Waals surface area contributed by atoms with Gasteiger partial charge in [-0.05, 0) is 56.0 Å². The van der Waals surface area contributed by atoms with Crippen molar-refractivity contribution in [3.05, 3.63) is 125 Å². The topological polar surface area (TPSA) is 42.3 Å². The minimum atomic E-state index is 0.484. The molecule has 0 bridgehead atoms. The van der Waals surface area contributed by atoms with E-state index < -0.39 is 0 Å². The lowest BCUT2D eigenvalue weighted by Gasteiger charge is -2.11. The molecule has 1 unspecified atom stereocenters. The van der Waals surface area contributed by atoms with Crippen molar-refractivity contribution in [2.45, 2.75) is 74.7 Å². The van der Waals surface area contributed by atoms with Crippen LogP contribution in [-0.4, -0.2) is 17.0 Å². The second-order valence-corrected chi connectivity index (χ2v) is 9.41.